The van der Waals surface area contributed by atoms with E-state index in [1.54, 1.807) is 17.5 Å². The molecular formula is C20H26N4O2S. The Bertz CT molecular complexity index is 707. The number of urea groups is 1. The number of carbonyl (C=O) groups is 1. The van der Waals surface area contributed by atoms with Crippen LogP contribution in [0.2, 0.25) is 0 Å². The van der Waals surface area contributed by atoms with Crippen LogP contribution in [-0.2, 0) is 4.74 Å². The van der Waals surface area contributed by atoms with Crippen molar-refractivity contribution < 1.29 is 9.53 Å². The number of likely N-dealkylation sites (tertiary alicyclic amines) is 1. The number of amides is 2. The lowest BCUT2D eigenvalue weighted by Gasteiger charge is -2.31. The second-order valence-corrected chi connectivity index (χ2v) is 8.08. The fourth-order valence-corrected chi connectivity index (χ4v) is 4.60. The molecule has 1 aromatic heterocycles. The van der Waals surface area contributed by atoms with Gasteiger partial charge in [0.05, 0.1) is 6.61 Å². The highest BCUT2D eigenvalue weighted by Crippen LogP contribution is 2.25. The van der Waals surface area contributed by atoms with Crippen molar-refractivity contribution in [2.45, 2.75) is 25.3 Å². The normalized spacial score (nSPS) is 21.3. The van der Waals surface area contributed by atoms with Crippen molar-refractivity contribution in [3.8, 4) is 10.6 Å². The topological polar surface area (TPSA) is 66.5 Å². The van der Waals surface area contributed by atoms with E-state index >= 15 is 0 Å². The van der Waals surface area contributed by atoms with E-state index in [1.807, 2.05) is 29.6 Å². The SMILES string of the molecule is O=C(NCC(C1CCOC1)N1CCCC1)Nc1ccc(-c2nccs2)cc1. The molecule has 0 radical (unpaired) electrons. The Labute approximate surface area is 163 Å². The number of benzene rings is 1. The van der Waals surface area contributed by atoms with E-state index in [1.165, 1.54) is 12.8 Å². The van der Waals surface area contributed by atoms with Gasteiger partial charge in [-0.15, -0.1) is 11.3 Å². The molecule has 0 aliphatic carbocycles. The molecule has 2 fully saturated rings. The van der Waals surface area contributed by atoms with Gasteiger partial charge in [-0.2, -0.15) is 0 Å². The number of nitrogens with zero attached hydrogens (tertiary/aromatic N) is 2. The zero-order valence-electron chi connectivity index (χ0n) is 15.4. The van der Waals surface area contributed by atoms with E-state index in [4.69, 9.17) is 4.74 Å². The van der Waals surface area contributed by atoms with Gasteiger partial charge in [0.15, 0.2) is 0 Å². The highest BCUT2D eigenvalue weighted by Gasteiger charge is 2.32. The van der Waals surface area contributed by atoms with Crippen LogP contribution in [0.5, 0.6) is 0 Å². The van der Waals surface area contributed by atoms with Gasteiger partial charge < -0.3 is 15.4 Å². The van der Waals surface area contributed by atoms with Crippen LogP contribution in [0, 0.1) is 5.92 Å². The number of hydrogen-bond acceptors (Lipinski definition) is 5. The van der Waals surface area contributed by atoms with Gasteiger partial charge in [0.2, 0.25) is 0 Å². The van der Waals surface area contributed by atoms with Crippen LogP contribution >= 0.6 is 11.3 Å². The summed E-state index contributed by atoms with van der Waals surface area (Å²) in [7, 11) is 0. The molecule has 0 bridgehead atoms. The van der Waals surface area contributed by atoms with Gasteiger partial charge in [0, 0.05) is 47.9 Å². The number of ether oxygens (including phenoxy) is 1. The maximum absolute atomic E-state index is 12.4. The van der Waals surface area contributed by atoms with Crippen molar-refractivity contribution in [3.05, 3.63) is 35.8 Å². The van der Waals surface area contributed by atoms with Crippen LogP contribution in [0.15, 0.2) is 35.8 Å². The quantitative estimate of drug-likeness (QED) is 0.798. The summed E-state index contributed by atoms with van der Waals surface area (Å²) in [5, 5.41) is 8.95. The Morgan fingerprint density at radius 1 is 1.30 bits per heavy atom. The van der Waals surface area contributed by atoms with Gasteiger partial charge in [-0.05, 0) is 56.6 Å². The first-order valence-electron chi connectivity index (χ1n) is 9.66. The van der Waals surface area contributed by atoms with E-state index in [0.717, 1.165) is 49.0 Å². The first-order valence-corrected chi connectivity index (χ1v) is 10.5. The highest BCUT2D eigenvalue weighted by molar-refractivity contribution is 7.13. The van der Waals surface area contributed by atoms with Crippen molar-refractivity contribution in [1.82, 2.24) is 15.2 Å². The summed E-state index contributed by atoms with van der Waals surface area (Å²) in [4.78, 5) is 19.2. The number of aromatic nitrogens is 1. The number of thiazole rings is 1. The zero-order valence-corrected chi connectivity index (χ0v) is 16.2. The second-order valence-electron chi connectivity index (χ2n) is 7.18. The summed E-state index contributed by atoms with van der Waals surface area (Å²) in [6, 6.07) is 8.01. The Hall–Kier alpha value is -1.96. The molecule has 4 rings (SSSR count). The van der Waals surface area contributed by atoms with E-state index in [2.05, 4.69) is 20.5 Å². The smallest absolute Gasteiger partial charge is 0.319 e. The fraction of sp³-hybridized carbons (Fsp3) is 0.500. The predicted octanol–water partition coefficient (Wildman–Crippen LogP) is 3.43. The van der Waals surface area contributed by atoms with E-state index in [-0.39, 0.29) is 6.03 Å². The molecule has 2 atom stereocenters. The van der Waals surface area contributed by atoms with Gasteiger partial charge in [0.1, 0.15) is 5.01 Å². The molecule has 7 heteroatoms. The lowest BCUT2D eigenvalue weighted by Crippen LogP contribution is -2.48. The van der Waals surface area contributed by atoms with Gasteiger partial charge in [-0.25, -0.2) is 9.78 Å². The monoisotopic (exact) mass is 386 g/mol. The van der Waals surface area contributed by atoms with Gasteiger partial charge >= 0.3 is 6.03 Å². The standard InChI is InChI=1S/C20H26N4O2S/c25-20(23-17-5-3-15(4-6-17)19-21-8-12-27-19)22-13-18(16-7-11-26-14-16)24-9-1-2-10-24/h3-6,8,12,16,18H,1-2,7,9-11,13-14H2,(H2,22,23,25). The van der Waals surface area contributed by atoms with Gasteiger partial charge in [0.25, 0.3) is 0 Å². The summed E-state index contributed by atoms with van der Waals surface area (Å²) >= 11 is 1.61. The molecule has 2 amide bonds. The van der Waals surface area contributed by atoms with Crippen LogP contribution in [0.1, 0.15) is 19.3 Å². The molecule has 2 unspecified atom stereocenters. The van der Waals surface area contributed by atoms with Crippen molar-refractivity contribution in [1.29, 1.82) is 0 Å². The molecule has 2 saturated heterocycles. The summed E-state index contributed by atoms with van der Waals surface area (Å²) in [5.41, 5.74) is 1.85. The van der Waals surface area contributed by atoms with Crippen LogP contribution < -0.4 is 10.6 Å². The van der Waals surface area contributed by atoms with E-state index in [0.29, 0.717) is 18.5 Å². The first kappa shape index (κ1) is 18.4. The minimum Gasteiger partial charge on any atom is -0.381 e. The molecule has 6 nitrogen and oxygen atoms in total. The van der Waals surface area contributed by atoms with Crippen molar-refractivity contribution in [2.24, 2.45) is 5.92 Å². The molecular weight excluding hydrogens is 360 g/mol. The average molecular weight is 387 g/mol. The minimum atomic E-state index is -0.153. The largest absolute Gasteiger partial charge is 0.381 e. The summed E-state index contributed by atoms with van der Waals surface area (Å²) < 4.78 is 5.58. The van der Waals surface area contributed by atoms with Crippen molar-refractivity contribution in [2.75, 3.05) is 38.2 Å². The zero-order chi connectivity index (χ0) is 18.5. The first-order chi connectivity index (χ1) is 13.3. The second kappa shape index (κ2) is 8.82. The lowest BCUT2D eigenvalue weighted by atomic mass is 9.97. The number of rotatable bonds is 6. The highest BCUT2D eigenvalue weighted by atomic mass is 32.1. The lowest BCUT2D eigenvalue weighted by molar-refractivity contribution is 0.135. The molecule has 2 aromatic rings. The Kier molecular flexibility index (Phi) is 6.01. The van der Waals surface area contributed by atoms with Crippen LogP contribution in [0.25, 0.3) is 10.6 Å². The number of carbonyl (C=O) groups excluding carboxylic acids is 1. The van der Waals surface area contributed by atoms with E-state index < -0.39 is 0 Å². The van der Waals surface area contributed by atoms with Gasteiger partial charge in [-0.1, -0.05) is 0 Å². The van der Waals surface area contributed by atoms with E-state index in [9.17, 15) is 4.79 Å². The molecule has 27 heavy (non-hydrogen) atoms. The predicted molar refractivity (Wildman–Crippen MR) is 108 cm³/mol. The van der Waals surface area contributed by atoms with Crippen LogP contribution in [0.3, 0.4) is 0 Å². The molecule has 2 N–H and O–H groups in total. The Morgan fingerprint density at radius 3 is 2.78 bits per heavy atom. The molecule has 1 aromatic carbocycles. The molecule has 144 valence electrons. The van der Waals surface area contributed by atoms with Crippen molar-refractivity contribution in [3.63, 3.8) is 0 Å². The third-order valence-electron chi connectivity index (χ3n) is 5.41. The molecule has 0 spiro atoms. The van der Waals surface area contributed by atoms with Crippen LogP contribution in [-0.4, -0.2) is 54.8 Å². The van der Waals surface area contributed by atoms with Crippen molar-refractivity contribution >= 4 is 23.1 Å². The maximum atomic E-state index is 12.4. The number of anilines is 1. The van der Waals surface area contributed by atoms with Crippen LogP contribution in [0.4, 0.5) is 10.5 Å². The molecule has 2 aliphatic rings. The summed E-state index contributed by atoms with van der Waals surface area (Å²) in [5.74, 6) is 0.515. The number of hydrogen-bond donors (Lipinski definition) is 2. The molecule has 3 heterocycles. The van der Waals surface area contributed by atoms with Gasteiger partial charge in [-0.3, -0.25) is 4.90 Å². The average Bonchev–Trinajstić information content (AvgIpc) is 3.45. The fourth-order valence-electron chi connectivity index (χ4n) is 3.96. The number of nitrogens with one attached hydrogen (secondary N) is 2. The third-order valence-corrected chi connectivity index (χ3v) is 6.23. The molecule has 0 saturated carbocycles. The third kappa shape index (κ3) is 4.66. The summed E-state index contributed by atoms with van der Waals surface area (Å²) in [6.45, 7) is 4.57. The molecule has 2 aliphatic heterocycles. The summed E-state index contributed by atoms with van der Waals surface area (Å²) in [6.07, 6.45) is 5.39. The minimum absolute atomic E-state index is 0.153. The Morgan fingerprint density at radius 2 is 2.11 bits per heavy atom. The Balaban J connectivity index is 1.31. The maximum Gasteiger partial charge on any atom is 0.319 e.